The van der Waals surface area contributed by atoms with Gasteiger partial charge in [-0.2, -0.15) is 5.10 Å². The van der Waals surface area contributed by atoms with Gasteiger partial charge in [-0.1, -0.05) is 24.3 Å². The number of benzene rings is 1. The molecule has 0 unspecified atom stereocenters. The molecule has 29 heavy (non-hydrogen) atoms. The third kappa shape index (κ3) is 4.82. The Kier molecular flexibility index (Phi) is 5.37. The highest BCUT2D eigenvalue weighted by Gasteiger charge is 2.25. The summed E-state index contributed by atoms with van der Waals surface area (Å²) in [7, 11) is 0. The molecule has 0 aliphatic carbocycles. The lowest BCUT2D eigenvalue weighted by Gasteiger charge is -2.32. The fourth-order valence-corrected chi connectivity index (χ4v) is 3.80. The van der Waals surface area contributed by atoms with Gasteiger partial charge in [0.25, 0.3) is 0 Å². The van der Waals surface area contributed by atoms with Gasteiger partial charge in [-0.25, -0.2) is 4.98 Å². The number of hydrogen-bond donors (Lipinski definition) is 0. The van der Waals surface area contributed by atoms with Crippen LogP contribution in [0.3, 0.4) is 0 Å². The molecule has 2 aromatic heterocycles. The lowest BCUT2D eigenvalue weighted by molar-refractivity contribution is -0.156. The van der Waals surface area contributed by atoms with Crippen LogP contribution in [-0.2, 0) is 9.53 Å². The summed E-state index contributed by atoms with van der Waals surface area (Å²) >= 11 is 0. The van der Waals surface area contributed by atoms with E-state index in [2.05, 4.69) is 33.0 Å². The van der Waals surface area contributed by atoms with Gasteiger partial charge in [0.15, 0.2) is 0 Å². The highest BCUT2D eigenvalue weighted by atomic mass is 16.6. The molecule has 0 amide bonds. The van der Waals surface area contributed by atoms with Gasteiger partial charge in [0.05, 0.1) is 30.0 Å². The minimum atomic E-state index is -0.433. The van der Waals surface area contributed by atoms with Crippen LogP contribution >= 0.6 is 0 Å². The van der Waals surface area contributed by atoms with Gasteiger partial charge in [0.1, 0.15) is 5.60 Å². The molecule has 0 bridgehead atoms. The first kappa shape index (κ1) is 19.6. The molecule has 0 saturated carbocycles. The van der Waals surface area contributed by atoms with E-state index < -0.39 is 5.60 Å². The first-order valence-electron chi connectivity index (χ1n) is 10.2. The summed E-state index contributed by atoms with van der Waals surface area (Å²) in [6, 6.07) is 12.6. The van der Waals surface area contributed by atoms with Crippen LogP contribution in [0, 0.1) is 0 Å². The fraction of sp³-hybridized carbons (Fsp3) is 0.435. The second-order valence-electron chi connectivity index (χ2n) is 8.69. The van der Waals surface area contributed by atoms with Crippen molar-refractivity contribution in [2.24, 2.45) is 0 Å². The Balaban J connectivity index is 1.37. The van der Waals surface area contributed by atoms with E-state index in [0.29, 0.717) is 12.6 Å². The smallest absolute Gasteiger partial charge is 0.320 e. The Labute approximate surface area is 171 Å². The number of esters is 1. The van der Waals surface area contributed by atoms with Gasteiger partial charge in [-0.15, -0.1) is 0 Å². The number of aromatic nitrogens is 3. The van der Waals surface area contributed by atoms with E-state index in [4.69, 9.17) is 9.72 Å². The van der Waals surface area contributed by atoms with Crippen molar-refractivity contribution in [1.82, 2.24) is 19.7 Å². The number of likely N-dealkylation sites (tertiary alicyclic amines) is 1. The van der Waals surface area contributed by atoms with Crippen molar-refractivity contribution >= 4 is 16.9 Å². The average molecular weight is 393 g/mol. The van der Waals surface area contributed by atoms with Gasteiger partial charge < -0.3 is 4.74 Å². The molecule has 6 nitrogen and oxygen atoms in total. The summed E-state index contributed by atoms with van der Waals surface area (Å²) in [4.78, 5) is 19.0. The summed E-state index contributed by atoms with van der Waals surface area (Å²) in [6.45, 7) is 7.79. The van der Waals surface area contributed by atoms with Crippen LogP contribution in [0.4, 0.5) is 0 Å². The highest BCUT2D eigenvalue weighted by molar-refractivity contribution is 5.81. The van der Waals surface area contributed by atoms with Crippen LogP contribution in [0.2, 0.25) is 0 Å². The van der Waals surface area contributed by atoms with E-state index in [0.717, 1.165) is 48.1 Å². The SMILES string of the molecule is CC(C)(C)OC(=O)CN1CCC(n2cc(-c3ccc4ccccc4n3)cn2)CC1. The number of pyridine rings is 1. The van der Waals surface area contributed by atoms with Gasteiger partial charge >= 0.3 is 5.97 Å². The molecule has 1 saturated heterocycles. The summed E-state index contributed by atoms with van der Waals surface area (Å²) < 4.78 is 7.48. The largest absolute Gasteiger partial charge is 0.459 e. The Morgan fingerprint density at radius 2 is 1.90 bits per heavy atom. The molecular formula is C23H28N4O2. The molecule has 6 heteroatoms. The number of piperidine rings is 1. The van der Waals surface area contributed by atoms with Crippen molar-refractivity contribution in [2.75, 3.05) is 19.6 Å². The summed E-state index contributed by atoms with van der Waals surface area (Å²) in [5, 5.41) is 5.74. The molecular weight excluding hydrogens is 364 g/mol. The minimum absolute atomic E-state index is 0.153. The molecule has 152 valence electrons. The predicted molar refractivity (Wildman–Crippen MR) is 114 cm³/mol. The number of nitrogens with zero attached hydrogens (tertiary/aromatic N) is 4. The topological polar surface area (TPSA) is 60.2 Å². The predicted octanol–water partition coefficient (Wildman–Crippen LogP) is 4.08. The first-order chi connectivity index (χ1) is 13.9. The van der Waals surface area contributed by atoms with E-state index in [1.165, 1.54) is 0 Å². The molecule has 3 aromatic rings. The summed E-state index contributed by atoms with van der Waals surface area (Å²) in [5.41, 5.74) is 2.54. The second-order valence-corrected chi connectivity index (χ2v) is 8.69. The molecule has 1 aromatic carbocycles. The molecule has 0 spiro atoms. The maximum atomic E-state index is 12.0. The Bertz CT molecular complexity index is 997. The van der Waals surface area contributed by atoms with Gasteiger partial charge in [0.2, 0.25) is 0 Å². The van der Waals surface area contributed by atoms with Crippen molar-refractivity contribution < 1.29 is 9.53 Å². The molecule has 4 rings (SSSR count). The second kappa shape index (κ2) is 7.95. The third-order valence-corrected chi connectivity index (χ3v) is 5.20. The Morgan fingerprint density at radius 3 is 2.66 bits per heavy atom. The zero-order valence-corrected chi connectivity index (χ0v) is 17.3. The van der Waals surface area contributed by atoms with Crippen LogP contribution in [0.5, 0.6) is 0 Å². The van der Waals surface area contributed by atoms with E-state index in [-0.39, 0.29) is 5.97 Å². The highest BCUT2D eigenvalue weighted by Crippen LogP contribution is 2.26. The maximum Gasteiger partial charge on any atom is 0.320 e. The fourth-order valence-electron chi connectivity index (χ4n) is 3.80. The molecule has 1 aliphatic rings. The van der Waals surface area contributed by atoms with Crippen LogP contribution < -0.4 is 0 Å². The van der Waals surface area contributed by atoms with Crippen LogP contribution in [-0.4, -0.2) is 50.9 Å². The standard InChI is InChI=1S/C23H28N4O2/c1-23(2,3)29-22(28)16-26-12-10-19(11-13-26)27-15-18(14-24-27)21-9-8-17-6-4-5-7-20(17)25-21/h4-9,14-15,19H,10-13,16H2,1-3H3. The van der Waals surface area contributed by atoms with Gasteiger partial charge in [-0.3, -0.25) is 14.4 Å². The van der Waals surface area contributed by atoms with E-state index in [1.54, 1.807) is 0 Å². The van der Waals surface area contributed by atoms with Crippen molar-refractivity contribution in [1.29, 1.82) is 0 Å². The van der Waals surface area contributed by atoms with Crippen LogP contribution in [0.1, 0.15) is 39.7 Å². The lowest BCUT2D eigenvalue weighted by Crippen LogP contribution is -2.40. The normalized spacial score (nSPS) is 16.2. The van der Waals surface area contributed by atoms with Crippen molar-refractivity contribution in [2.45, 2.75) is 45.3 Å². The number of rotatable bonds is 4. The Morgan fingerprint density at radius 1 is 1.14 bits per heavy atom. The van der Waals surface area contributed by atoms with E-state index in [1.807, 2.05) is 51.2 Å². The number of fused-ring (bicyclic) bond motifs is 1. The number of hydrogen-bond acceptors (Lipinski definition) is 5. The third-order valence-electron chi connectivity index (χ3n) is 5.20. The number of carbonyl (C=O) groups is 1. The monoisotopic (exact) mass is 392 g/mol. The van der Waals surface area contributed by atoms with Crippen LogP contribution in [0.15, 0.2) is 48.8 Å². The van der Waals surface area contributed by atoms with Crippen molar-refractivity contribution in [3.8, 4) is 11.3 Å². The van der Waals surface area contributed by atoms with Crippen LogP contribution in [0.25, 0.3) is 22.2 Å². The quantitative estimate of drug-likeness (QED) is 0.626. The molecule has 3 heterocycles. The molecule has 1 fully saturated rings. The maximum absolute atomic E-state index is 12.0. The minimum Gasteiger partial charge on any atom is -0.459 e. The molecule has 0 atom stereocenters. The molecule has 0 N–H and O–H groups in total. The van der Waals surface area contributed by atoms with Crippen molar-refractivity contribution in [3.63, 3.8) is 0 Å². The Hall–Kier alpha value is -2.73. The van der Waals surface area contributed by atoms with Gasteiger partial charge in [0, 0.05) is 30.2 Å². The lowest BCUT2D eigenvalue weighted by atomic mass is 10.1. The number of carbonyl (C=O) groups excluding carboxylic acids is 1. The van der Waals surface area contributed by atoms with Crippen molar-refractivity contribution in [3.05, 3.63) is 48.8 Å². The summed E-state index contributed by atoms with van der Waals surface area (Å²) in [5.74, 6) is -0.153. The van der Waals surface area contributed by atoms with Gasteiger partial charge in [-0.05, 0) is 45.7 Å². The first-order valence-corrected chi connectivity index (χ1v) is 10.2. The van der Waals surface area contributed by atoms with E-state index in [9.17, 15) is 4.79 Å². The van der Waals surface area contributed by atoms with E-state index >= 15 is 0 Å². The number of ether oxygens (including phenoxy) is 1. The zero-order valence-electron chi connectivity index (χ0n) is 17.3. The molecule has 1 aliphatic heterocycles. The zero-order chi connectivity index (χ0) is 20.4. The number of para-hydroxylation sites is 1. The summed E-state index contributed by atoms with van der Waals surface area (Å²) in [6.07, 6.45) is 5.92. The molecule has 0 radical (unpaired) electrons. The average Bonchev–Trinajstić information content (AvgIpc) is 3.17.